The van der Waals surface area contributed by atoms with E-state index in [1.54, 1.807) is 0 Å². The van der Waals surface area contributed by atoms with Crippen LogP contribution in [0.1, 0.15) is 37.8 Å². The van der Waals surface area contributed by atoms with Crippen LogP contribution >= 0.6 is 0 Å². The standard InChI is InChI=1S/C23H26N2O/c1-3-24-21-11-5-17(6-12-21)15-19-9-10-20(23(19)26)16-18-7-13-22(14-8-18)25-4-2/h5-8,11-16,24-25H,3-4,9-10H2,1-2H3/b19-15+,20-16+. The van der Waals surface area contributed by atoms with Gasteiger partial charge in [-0.3, -0.25) is 4.79 Å². The van der Waals surface area contributed by atoms with E-state index in [-0.39, 0.29) is 5.78 Å². The second-order valence-corrected chi connectivity index (χ2v) is 6.47. The molecule has 26 heavy (non-hydrogen) atoms. The number of allylic oxidation sites excluding steroid dienone is 2. The number of carbonyl (C=O) groups excluding carboxylic acids is 1. The van der Waals surface area contributed by atoms with Gasteiger partial charge in [-0.2, -0.15) is 0 Å². The Balaban J connectivity index is 1.72. The monoisotopic (exact) mass is 346 g/mol. The molecule has 0 unspecified atom stereocenters. The Morgan fingerprint density at radius 2 is 1.12 bits per heavy atom. The lowest BCUT2D eigenvalue weighted by molar-refractivity contribution is -0.111. The maximum atomic E-state index is 12.7. The number of benzene rings is 2. The summed E-state index contributed by atoms with van der Waals surface area (Å²) in [6, 6.07) is 16.4. The molecule has 3 rings (SSSR count). The van der Waals surface area contributed by atoms with Crippen molar-refractivity contribution in [3.63, 3.8) is 0 Å². The van der Waals surface area contributed by atoms with E-state index in [4.69, 9.17) is 0 Å². The van der Waals surface area contributed by atoms with Crippen molar-refractivity contribution in [2.75, 3.05) is 23.7 Å². The van der Waals surface area contributed by atoms with Crippen LogP contribution in [0.5, 0.6) is 0 Å². The van der Waals surface area contributed by atoms with E-state index in [0.29, 0.717) is 0 Å². The zero-order valence-corrected chi connectivity index (χ0v) is 15.5. The third-order valence-electron chi connectivity index (χ3n) is 4.51. The van der Waals surface area contributed by atoms with Gasteiger partial charge in [-0.15, -0.1) is 0 Å². The average molecular weight is 346 g/mol. The summed E-state index contributed by atoms with van der Waals surface area (Å²) in [7, 11) is 0. The van der Waals surface area contributed by atoms with Gasteiger partial charge in [-0.25, -0.2) is 0 Å². The zero-order valence-electron chi connectivity index (χ0n) is 15.5. The molecule has 1 aliphatic rings. The molecule has 0 amide bonds. The minimum atomic E-state index is 0.177. The normalized spacial score (nSPS) is 17.1. The molecule has 0 saturated heterocycles. The number of nitrogens with one attached hydrogen (secondary N) is 2. The Morgan fingerprint density at radius 1 is 0.731 bits per heavy atom. The van der Waals surface area contributed by atoms with E-state index in [1.165, 1.54) is 0 Å². The molecule has 134 valence electrons. The third-order valence-corrected chi connectivity index (χ3v) is 4.51. The van der Waals surface area contributed by atoms with Crippen LogP contribution in [0.3, 0.4) is 0 Å². The molecule has 0 aliphatic heterocycles. The molecule has 1 fully saturated rings. The predicted octanol–water partition coefficient (Wildman–Crippen LogP) is 5.38. The van der Waals surface area contributed by atoms with Crippen LogP contribution in [0, 0.1) is 0 Å². The Hall–Kier alpha value is -2.81. The van der Waals surface area contributed by atoms with Gasteiger partial charge in [0.05, 0.1) is 0 Å². The van der Waals surface area contributed by atoms with Gasteiger partial charge in [0.2, 0.25) is 0 Å². The van der Waals surface area contributed by atoms with E-state index >= 15 is 0 Å². The van der Waals surface area contributed by atoms with Crippen molar-refractivity contribution >= 4 is 29.3 Å². The van der Waals surface area contributed by atoms with Crippen molar-refractivity contribution in [2.45, 2.75) is 26.7 Å². The molecule has 0 atom stereocenters. The lowest BCUT2D eigenvalue weighted by Crippen LogP contribution is -1.97. The molecule has 0 heterocycles. The van der Waals surface area contributed by atoms with Crippen LogP contribution < -0.4 is 10.6 Å². The van der Waals surface area contributed by atoms with Gasteiger partial charge < -0.3 is 10.6 Å². The second-order valence-electron chi connectivity index (χ2n) is 6.47. The Morgan fingerprint density at radius 3 is 1.46 bits per heavy atom. The maximum Gasteiger partial charge on any atom is 0.185 e. The van der Waals surface area contributed by atoms with Crippen LogP contribution in [0.15, 0.2) is 59.7 Å². The van der Waals surface area contributed by atoms with Crippen LogP contribution in [0.4, 0.5) is 11.4 Å². The molecular formula is C23H26N2O. The highest BCUT2D eigenvalue weighted by molar-refractivity contribution is 6.15. The molecule has 3 nitrogen and oxygen atoms in total. The van der Waals surface area contributed by atoms with Crippen molar-refractivity contribution in [1.29, 1.82) is 0 Å². The second kappa shape index (κ2) is 8.52. The van der Waals surface area contributed by atoms with Crippen molar-refractivity contribution in [1.82, 2.24) is 0 Å². The summed E-state index contributed by atoms with van der Waals surface area (Å²) in [5, 5.41) is 6.56. The molecule has 2 aromatic rings. The van der Waals surface area contributed by atoms with Gasteiger partial charge >= 0.3 is 0 Å². The van der Waals surface area contributed by atoms with E-state index in [9.17, 15) is 4.79 Å². The third kappa shape index (κ3) is 4.42. The molecule has 0 radical (unpaired) electrons. The van der Waals surface area contributed by atoms with Gasteiger partial charge in [0.25, 0.3) is 0 Å². The Labute approximate surface area is 155 Å². The summed E-state index contributed by atoms with van der Waals surface area (Å²) in [5.41, 5.74) is 6.16. The largest absolute Gasteiger partial charge is 0.385 e. The predicted molar refractivity (Wildman–Crippen MR) is 111 cm³/mol. The fraction of sp³-hybridized carbons (Fsp3) is 0.261. The first-order valence-electron chi connectivity index (χ1n) is 9.33. The van der Waals surface area contributed by atoms with Gasteiger partial charge in [-0.05, 0) is 74.2 Å². The van der Waals surface area contributed by atoms with E-state index in [0.717, 1.165) is 59.6 Å². The van der Waals surface area contributed by atoms with Crippen molar-refractivity contribution < 1.29 is 4.79 Å². The molecule has 1 saturated carbocycles. The van der Waals surface area contributed by atoms with E-state index in [1.807, 2.05) is 12.2 Å². The maximum absolute atomic E-state index is 12.7. The van der Waals surface area contributed by atoms with Crippen LogP contribution in [0.25, 0.3) is 12.2 Å². The minimum absolute atomic E-state index is 0.177. The van der Waals surface area contributed by atoms with Crippen molar-refractivity contribution in [2.24, 2.45) is 0 Å². The number of Topliss-reactive ketones (excluding diaryl/α,β-unsaturated/α-hetero) is 1. The lowest BCUT2D eigenvalue weighted by Gasteiger charge is -2.04. The Kier molecular flexibility index (Phi) is 5.90. The van der Waals surface area contributed by atoms with Gasteiger partial charge in [0, 0.05) is 35.6 Å². The first-order valence-corrected chi connectivity index (χ1v) is 9.33. The molecule has 2 N–H and O–H groups in total. The topological polar surface area (TPSA) is 41.1 Å². The number of anilines is 2. The highest BCUT2D eigenvalue weighted by Crippen LogP contribution is 2.30. The fourth-order valence-corrected chi connectivity index (χ4v) is 3.18. The van der Waals surface area contributed by atoms with E-state index < -0.39 is 0 Å². The molecule has 0 aromatic heterocycles. The number of hydrogen-bond acceptors (Lipinski definition) is 3. The quantitative estimate of drug-likeness (QED) is 0.690. The number of carbonyl (C=O) groups is 1. The highest BCUT2D eigenvalue weighted by Gasteiger charge is 2.22. The van der Waals surface area contributed by atoms with Crippen LogP contribution in [0.2, 0.25) is 0 Å². The molecule has 0 bridgehead atoms. The van der Waals surface area contributed by atoms with E-state index in [2.05, 4.69) is 73.0 Å². The van der Waals surface area contributed by atoms with Crippen LogP contribution in [-0.2, 0) is 4.79 Å². The van der Waals surface area contributed by atoms with Gasteiger partial charge in [0.1, 0.15) is 0 Å². The first-order chi connectivity index (χ1) is 12.7. The zero-order chi connectivity index (χ0) is 18.4. The summed E-state index contributed by atoms with van der Waals surface area (Å²) in [6.07, 6.45) is 5.67. The average Bonchev–Trinajstić information content (AvgIpc) is 2.99. The lowest BCUT2D eigenvalue weighted by atomic mass is 10.1. The number of hydrogen-bond donors (Lipinski definition) is 2. The van der Waals surface area contributed by atoms with Crippen LogP contribution in [-0.4, -0.2) is 18.9 Å². The van der Waals surface area contributed by atoms with Gasteiger partial charge in [0.15, 0.2) is 5.78 Å². The summed E-state index contributed by atoms with van der Waals surface area (Å²) < 4.78 is 0. The molecule has 0 spiro atoms. The summed E-state index contributed by atoms with van der Waals surface area (Å²) >= 11 is 0. The number of ketones is 1. The summed E-state index contributed by atoms with van der Waals surface area (Å²) in [4.78, 5) is 12.7. The van der Waals surface area contributed by atoms with Gasteiger partial charge in [-0.1, -0.05) is 24.3 Å². The van der Waals surface area contributed by atoms with Crippen molar-refractivity contribution in [3.8, 4) is 0 Å². The molecule has 1 aliphatic carbocycles. The summed E-state index contributed by atoms with van der Waals surface area (Å²) in [5.74, 6) is 0.177. The SMILES string of the molecule is CCNc1ccc(/C=C2\CC/C(=C\c3ccc(NCC)cc3)C2=O)cc1. The molecular weight excluding hydrogens is 320 g/mol. The highest BCUT2D eigenvalue weighted by atomic mass is 16.1. The smallest absolute Gasteiger partial charge is 0.185 e. The first kappa shape index (κ1) is 18.0. The molecule has 3 heteroatoms. The fourth-order valence-electron chi connectivity index (χ4n) is 3.18. The minimum Gasteiger partial charge on any atom is -0.385 e. The molecule has 2 aromatic carbocycles. The van der Waals surface area contributed by atoms with Crippen molar-refractivity contribution in [3.05, 3.63) is 70.8 Å². The summed E-state index contributed by atoms with van der Waals surface area (Å²) in [6.45, 7) is 5.97. The number of rotatable bonds is 6. The Bertz CT molecular complexity index is 745.